The normalized spacial score (nSPS) is 15.2. The lowest BCUT2D eigenvalue weighted by molar-refractivity contribution is -0.159. The second kappa shape index (κ2) is 10.9. The first-order valence-electron chi connectivity index (χ1n) is 10.9. The van der Waals surface area contributed by atoms with Crippen LogP contribution in [0, 0.1) is 13.8 Å². The topological polar surface area (TPSA) is 78.9 Å². The van der Waals surface area contributed by atoms with Crippen molar-refractivity contribution in [1.82, 2.24) is 15.1 Å². The highest BCUT2D eigenvalue weighted by Gasteiger charge is 2.27. The molecule has 1 N–H and O–H groups in total. The van der Waals surface area contributed by atoms with E-state index in [9.17, 15) is 14.4 Å². The number of carbonyl (C=O) groups excluding carboxylic acids is 3. The van der Waals surface area contributed by atoms with Gasteiger partial charge in [-0.25, -0.2) is 0 Å². The van der Waals surface area contributed by atoms with E-state index in [1.54, 1.807) is 24.0 Å². The van der Waals surface area contributed by atoms with Gasteiger partial charge in [0.25, 0.3) is 11.8 Å². The van der Waals surface area contributed by atoms with Crippen LogP contribution in [0.3, 0.4) is 0 Å². The number of amides is 2. The third-order valence-corrected chi connectivity index (χ3v) is 5.47. The number of ether oxygens (including phenoxy) is 1. The Balaban J connectivity index is 1.41. The molecule has 1 aliphatic rings. The smallest absolute Gasteiger partial charge is 0.326 e. The molecule has 7 heteroatoms. The van der Waals surface area contributed by atoms with Gasteiger partial charge in [-0.15, -0.1) is 0 Å². The van der Waals surface area contributed by atoms with Crippen molar-refractivity contribution in [2.45, 2.75) is 33.4 Å². The van der Waals surface area contributed by atoms with E-state index < -0.39 is 12.1 Å². The summed E-state index contributed by atoms with van der Waals surface area (Å²) >= 11 is 0. The van der Waals surface area contributed by atoms with E-state index in [4.69, 9.17) is 4.74 Å². The lowest BCUT2D eigenvalue weighted by Crippen LogP contribution is -2.51. The monoisotopic (exact) mass is 437 g/mol. The van der Waals surface area contributed by atoms with E-state index in [0.29, 0.717) is 18.7 Å². The summed E-state index contributed by atoms with van der Waals surface area (Å²) in [5.41, 5.74) is 3.69. The standard InChI is InChI=1S/C25H31N3O4/c1-18-13-19(2)15-22(14-18)24(30)26-16-23(29)32-20(3)25(31)28-11-9-27(10-12-28)17-21-7-5-4-6-8-21/h4-8,13-15,20H,9-12,16-17H2,1-3H3,(H,26,30). The van der Waals surface area contributed by atoms with Gasteiger partial charge in [0, 0.05) is 38.3 Å². The third-order valence-electron chi connectivity index (χ3n) is 5.47. The van der Waals surface area contributed by atoms with Gasteiger partial charge in [0.15, 0.2) is 6.10 Å². The zero-order valence-corrected chi connectivity index (χ0v) is 19.0. The molecule has 0 aliphatic carbocycles. The number of esters is 1. The molecule has 0 aromatic heterocycles. The van der Waals surface area contributed by atoms with Crippen molar-refractivity contribution < 1.29 is 19.1 Å². The fourth-order valence-electron chi connectivity index (χ4n) is 3.87. The van der Waals surface area contributed by atoms with Crippen molar-refractivity contribution in [2.24, 2.45) is 0 Å². The molecule has 1 saturated heterocycles. The predicted molar refractivity (Wildman–Crippen MR) is 122 cm³/mol. The molecule has 2 aromatic carbocycles. The van der Waals surface area contributed by atoms with Crippen molar-refractivity contribution in [3.05, 3.63) is 70.8 Å². The van der Waals surface area contributed by atoms with Gasteiger partial charge < -0.3 is 15.0 Å². The molecular formula is C25H31N3O4. The lowest BCUT2D eigenvalue weighted by atomic mass is 10.1. The number of nitrogens with one attached hydrogen (secondary N) is 1. The van der Waals surface area contributed by atoms with Crippen LogP contribution in [0.15, 0.2) is 48.5 Å². The highest BCUT2D eigenvalue weighted by Crippen LogP contribution is 2.11. The quantitative estimate of drug-likeness (QED) is 0.673. The molecule has 0 radical (unpaired) electrons. The number of hydrogen-bond donors (Lipinski definition) is 1. The van der Waals surface area contributed by atoms with Crippen LogP contribution in [0.2, 0.25) is 0 Å². The Kier molecular flexibility index (Phi) is 8.00. The van der Waals surface area contributed by atoms with E-state index in [1.807, 2.05) is 38.1 Å². The van der Waals surface area contributed by atoms with Crippen LogP contribution in [-0.2, 0) is 20.9 Å². The number of nitrogens with zero attached hydrogens (tertiary/aromatic N) is 2. The number of rotatable bonds is 7. The molecule has 1 heterocycles. The van der Waals surface area contributed by atoms with Crippen molar-refractivity contribution >= 4 is 17.8 Å². The van der Waals surface area contributed by atoms with Gasteiger partial charge in [-0.3, -0.25) is 19.3 Å². The maximum absolute atomic E-state index is 12.7. The van der Waals surface area contributed by atoms with Crippen LogP contribution in [0.4, 0.5) is 0 Å². The summed E-state index contributed by atoms with van der Waals surface area (Å²) in [5, 5.41) is 2.56. The van der Waals surface area contributed by atoms with E-state index >= 15 is 0 Å². The van der Waals surface area contributed by atoms with E-state index in [0.717, 1.165) is 30.8 Å². The lowest BCUT2D eigenvalue weighted by Gasteiger charge is -2.35. The van der Waals surface area contributed by atoms with Crippen LogP contribution in [0.1, 0.15) is 34.0 Å². The maximum Gasteiger partial charge on any atom is 0.326 e. The van der Waals surface area contributed by atoms with Gasteiger partial charge in [-0.2, -0.15) is 0 Å². The molecule has 1 fully saturated rings. The van der Waals surface area contributed by atoms with Gasteiger partial charge in [-0.1, -0.05) is 47.5 Å². The molecule has 1 unspecified atom stereocenters. The molecule has 0 spiro atoms. The Hall–Kier alpha value is -3.19. The molecule has 2 aromatic rings. The van der Waals surface area contributed by atoms with Gasteiger partial charge >= 0.3 is 5.97 Å². The molecule has 0 bridgehead atoms. The largest absolute Gasteiger partial charge is 0.451 e. The zero-order valence-electron chi connectivity index (χ0n) is 19.0. The molecule has 3 rings (SSSR count). The second-order valence-corrected chi connectivity index (χ2v) is 8.28. The number of hydrogen-bond acceptors (Lipinski definition) is 5. The first-order chi connectivity index (χ1) is 15.3. The van der Waals surface area contributed by atoms with Gasteiger partial charge in [0.05, 0.1) is 0 Å². The Morgan fingerprint density at radius 1 is 0.969 bits per heavy atom. The summed E-state index contributed by atoms with van der Waals surface area (Å²) in [6.45, 7) is 8.69. The highest BCUT2D eigenvalue weighted by molar-refractivity contribution is 5.96. The first-order valence-corrected chi connectivity index (χ1v) is 10.9. The maximum atomic E-state index is 12.7. The van der Waals surface area contributed by atoms with Crippen molar-refractivity contribution in [3.63, 3.8) is 0 Å². The summed E-state index contributed by atoms with van der Waals surface area (Å²) in [4.78, 5) is 41.1. The molecule has 1 atom stereocenters. The number of carbonyl (C=O) groups is 3. The fourth-order valence-corrected chi connectivity index (χ4v) is 3.87. The summed E-state index contributed by atoms with van der Waals surface area (Å²) in [5.74, 6) is -1.19. The number of aryl methyl sites for hydroxylation is 2. The van der Waals surface area contributed by atoms with Crippen LogP contribution in [0.5, 0.6) is 0 Å². The molecule has 32 heavy (non-hydrogen) atoms. The number of benzene rings is 2. The van der Waals surface area contributed by atoms with Gasteiger partial charge in [0.2, 0.25) is 0 Å². The molecule has 7 nitrogen and oxygen atoms in total. The summed E-state index contributed by atoms with van der Waals surface area (Å²) in [6.07, 6.45) is -0.888. The second-order valence-electron chi connectivity index (χ2n) is 8.28. The summed E-state index contributed by atoms with van der Waals surface area (Å²) in [7, 11) is 0. The van der Waals surface area contributed by atoms with Crippen LogP contribution in [0.25, 0.3) is 0 Å². The summed E-state index contributed by atoms with van der Waals surface area (Å²) in [6, 6.07) is 15.7. The van der Waals surface area contributed by atoms with Crippen molar-refractivity contribution in [2.75, 3.05) is 32.7 Å². The minimum Gasteiger partial charge on any atom is -0.451 e. The van der Waals surface area contributed by atoms with Gasteiger partial charge in [-0.05, 0) is 38.5 Å². The predicted octanol–water partition coefficient (Wildman–Crippen LogP) is 2.31. The molecule has 0 saturated carbocycles. The Labute approximate surface area is 189 Å². The Morgan fingerprint density at radius 3 is 2.22 bits per heavy atom. The number of piperazine rings is 1. The van der Waals surface area contributed by atoms with Crippen LogP contribution < -0.4 is 5.32 Å². The first kappa shape index (κ1) is 23.5. The third kappa shape index (κ3) is 6.65. The molecule has 1 aliphatic heterocycles. The highest BCUT2D eigenvalue weighted by atomic mass is 16.5. The van der Waals surface area contributed by atoms with Crippen LogP contribution in [-0.4, -0.2) is 66.4 Å². The SMILES string of the molecule is Cc1cc(C)cc(C(=O)NCC(=O)OC(C)C(=O)N2CCN(Cc3ccccc3)CC2)c1. The Bertz CT molecular complexity index is 933. The van der Waals surface area contributed by atoms with Gasteiger partial charge in [0.1, 0.15) is 6.54 Å². The minimum absolute atomic E-state index is 0.210. The molecular weight excluding hydrogens is 406 g/mol. The zero-order chi connectivity index (χ0) is 23.1. The fraction of sp³-hybridized carbons (Fsp3) is 0.400. The average molecular weight is 438 g/mol. The van der Waals surface area contributed by atoms with E-state index in [-0.39, 0.29) is 18.4 Å². The van der Waals surface area contributed by atoms with Crippen molar-refractivity contribution in [1.29, 1.82) is 0 Å². The van der Waals surface area contributed by atoms with Crippen LogP contribution >= 0.6 is 0 Å². The summed E-state index contributed by atoms with van der Waals surface area (Å²) < 4.78 is 5.26. The average Bonchev–Trinajstić information content (AvgIpc) is 2.77. The van der Waals surface area contributed by atoms with E-state index in [2.05, 4.69) is 22.3 Å². The van der Waals surface area contributed by atoms with Crippen molar-refractivity contribution in [3.8, 4) is 0 Å². The minimum atomic E-state index is -0.888. The van der Waals surface area contributed by atoms with E-state index in [1.165, 1.54) is 5.56 Å². The molecule has 170 valence electrons. The molecule has 2 amide bonds. The Morgan fingerprint density at radius 2 is 1.59 bits per heavy atom.